The highest BCUT2D eigenvalue weighted by Crippen LogP contribution is 2.35. The maximum Gasteiger partial charge on any atom is 0.433 e. The van der Waals surface area contributed by atoms with Crippen molar-refractivity contribution >= 4 is 34.1 Å². The van der Waals surface area contributed by atoms with Crippen molar-refractivity contribution in [1.82, 2.24) is 10.3 Å². The molecule has 1 aromatic heterocycles. The number of halogens is 4. The summed E-state index contributed by atoms with van der Waals surface area (Å²) >= 11 is 6.07. The van der Waals surface area contributed by atoms with E-state index in [4.69, 9.17) is 16.3 Å². The maximum atomic E-state index is 13.3. The lowest BCUT2D eigenvalue weighted by Gasteiger charge is -2.30. The van der Waals surface area contributed by atoms with Crippen molar-refractivity contribution in [3.63, 3.8) is 0 Å². The Labute approximate surface area is 194 Å². The summed E-state index contributed by atoms with van der Waals surface area (Å²) < 4.78 is 45.2. The first kappa shape index (κ1) is 23.2. The van der Waals surface area contributed by atoms with E-state index in [0.717, 1.165) is 6.07 Å². The molecule has 1 saturated carbocycles. The summed E-state index contributed by atoms with van der Waals surface area (Å²) in [6.45, 7) is 0. The zero-order valence-corrected chi connectivity index (χ0v) is 18.6. The number of benzene rings is 2. The number of aromatic nitrogens is 1. The molecule has 2 aromatic carbocycles. The summed E-state index contributed by atoms with van der Waals surface area (Å²) in [6, 6.07) is 12.6. The molecule has 5 nitrogen and oxygen atoms in total. The summed E-state index contributed by atoms with van der Waals surface area (Å²) in [4.78, 5) is 16.3. The quantitative estimate of drug-likeness (QED) is 0.468. The van der Waals surface area contributed by atoms with E-state index in [1.165, 1.54) is 12.1 Å². The van der Waals surface area contributed by atoms with E-state index < -0.39 is 11.9 Å². The van der Waals surface area contributed by atoms with Gasteiger partial charge in [-0.25, -0.2) is 4.98 Å². The van der Waals surface area contributed by atoms with Crippen LogP contribution in [0.5, 0.6) is 5.75 Å². The second-order valence-corrected chi connectivity index (χ2v) is 8.55. The number of carbonyl (C=O) groups is 1. The molecule has 3 aromatic rings. The highest BCUT2D eigenvalue weighted by molar-refractivity contribution is 6.31. The Morgan fingerprint density at radius 2 is 1.79 bits per heavy atom. The molecule has 1 aliphatic rings. The molecule has 0 spiro atoms. The van der Waals surface area contributed by atoms with Gasteiger partial charge in [0.15, 0.2) is 0 Å². The Bertz CT molecular complexity index is 1160. The largest absolute Gasteiger partial charge is 0.497 e. The molecule has 4 rings (SSSR count). The van der Waals surface area contributed by atoms with Crippen LogP contribution >= 0.6 is 11.6 Å². The molecule has 0 saturated heterocycles. The predicted molar refractivity (Wildman–Crippen MR) is 122 cm³/mol. The zero-order chi connectivity index (χ0) is 23.6. The van der Waals surface area contributed by atoms with Crippen molar-refractivity contribution in [3.8, 4) is 5.75 Å². The van der Waals surface area contributed by atoms with Gasteiger partial charge in [-0.15, -0.1) is 0 Å². The molecule has 0 radical (unpaired) electrons. The molecule has 1 heterocycles. The van der Waals surface area contributed by atoms with E-state index in [1.807, 2.05) is 0 Å². The minimum absolute atomic E-state index is 0.00360. The Kier molecular flexibility index (Phi) is 6.65. The topological polar surface area (TPSA) is 63.2 Å². The Balaban J connectivity index is 1.43. The number of rotatable bonds is 5. The van der Waals surface area contributed by atoms with E-state index in [-0.39, 0.29) is 23.5 Å². The van der Waals surface area contributed by atoms with E-state index in [2.05, 4.69) is 15.6 Å². The lowest BCUT2D eigenvalue weighted by Crippen LogP contribution is -2.40. The standard InChI is InChI=1S/C24H23ClF3N3O2/c1-33-18-4-2-3-14(11-18)23(32)30-17-8-6-16(7-9-17)29-21-13-22(24(26,27)28)31-20-10-5-15(25)12-19(20)21/h2-5,10-13,16-17H,6-9H2,1H3,(H,29,31)(H,30,32). The molecule has 0 atom stereocenters. The number of anilines is 1. The van der Waals surface area contributed by atoms with E-state index in [0.29, 0.717) is 53.1 Å². The fourth-order valence-electron chi connectivity index (χ4n) is 4.10. The number of fused-ring (bicyclic) bond motifs is 1. The number of nitrogens with one attached hydrogen (secondary N) is 2. The van der Waals surface area contributed by atoms with Crippen LogP contribution in [0.1, 0.15) is 41.7 Å². The van der Waals surface area contributed by atoms with E-state index in [9.17, 15) is 18.0 Å². The van der Waals surface area contributed by atoms with Gasteiger partial charge in [0.05, 0.1) is 12.6 Å². The number of ether oxygens (including phenoxy) is 1. The van der Waals surface area contributed by atoms with Crippen LogP contribution in [0.3, 0.4) is 0 Å². The summed E-state index contributed by atoms with van der Waals surface area (Å²) in [5.74, 6) is 0.438. The SMILES string of the molecule is COc1cccc(C(=O)NC2CCC(Nc3cc(C(F)(F)F)nc4ccc(Cl)cc34)CC2)c1. The molecule has 0 bridgehead atoms. The van der Waals surface area contributed by atoms with E-state index in [1.54, 1.807) is 37.4 Å². The monoisotopic (exact) mass is 477 g/mol. The van der Waals surface area contributed by atoms with Gasteiger partial charge in [0, 0.05) is 33.7 Å². The van der Waals surface area contributed by atoms with Gasteiger partial charge in [0.1, 0.15) is 11.4 Å². The molecule has 9 heteroatoms. The van der Waals surface area contributed by atoms with Crippen LogP contribution in [0.15, 0.2) is 48.5 Å². The Morgan fingerprint density at radius 3 is 2.48 bits per heavy atom. The number of amides is 1. The Morgan fingerprint density at radius 1 is 1.06 bits per heavy atom. The van der Waals surface area contributed by atoms with Gasteiger partial charge in [0.2, 0.25) is 0 Å². The molecule has 0 unspecified atom stereocenters. The van der Waals surface area contributed by atoms with Crippen LogP contribution in [-0.4, -0.2) is 30.1 Å². The fraction of sp³-hybridized carbons (Fsp3) is 0.333. The molecule has 1 amide bonds. The molecule has 0 aliphatic heterocycles. The number of nitrogens with zero attached hydrogens (tertiary/aromatic N) is 1. The van der Waals surface area contributed by atoms with Crippen LogP contribution < -0.4 is 15.4 Å². The van der Waals surface area contributed by atoms with Gasteiger partial charge in [-0.05, 0) is 68.1 Å². The number of methoxy groups -OCH3 is 1. The highest BCUT2D eigenvalue weighted by atomic mass is 35.5. The molecular weight excluding hydrogens is 455 g/mol. The zero-order valence-electron chi connectivity index (χ0n) is 17.9. The Hall–Kier alpha value is -3.00. The van der Waals surface area contributed by atoms with Crippen LogP contribution in [0, 0.1) is 0 Å². The van der Waals surface area contributed by atoms with Gasteiger partial charge in [-0.3, -0.25) is 4.79 Å². The van der Waals surface area contributed by atoms with E-state index >= 15 is 0 Å². The van der Waals surface area contributed by atoms with Crippen LogP contribution in [-0.2, 0) is 6.18 Å². The highest BCUT2D eigenvalue weighted by Gasteiger charge is 2.34. The second kappa shape index (κ2) is 9.47. The second-order valence-electron chi connectivity index (χ2n) is 8.11. The average molecular weight is 478 g/mol. The first-order valence-electron chi connectivity index (χ1n) is 10.6. The van der Waals surface area contributed by atoms with Gasteiger partial charge >= 0.3 is 6.18 Å². The minimum atomic E-state index is -4.55. The number of alkyl halides is 3. The number of hydrogen-bond acceptors (Lipinski definition) is 4. The number of carbonyl (C=O) groups excluding carboxylic acids is 1. The minimum Gasteiger partial charge on any atom is -0.497 e. The molecule has 1 aliphatic carbocycles. The fourth-order valence-corrected chi connectivity index (χ4v) is 4.27. The molecule has 2 N–H and O–H groups in total. The number of hydrogen-bond donors (Lipinski definition) is 2. The van der Waals surface area contributed by atoms with Gasteiger partial charge in [-0.2, -0.15) is 13.2 Å². The first-order chi connectivity index (χ1) is 15.7. The third-order valence-corrected chi connectivity index (χ3v) is 6.05. The maximum absolute atomic E-state index is 13.3. The van der Waals surface area contributed by atoms with Crippen LogP contribution in [0.4, 0.5) is 18.9 Å². The lowest BCUT2D eigenvalue weighted by molar-refractivity contribution is -0.140. The van der Waals surface area contributed by atoms with Crippen molar-refractivity contribution in [2.24, 2.45) is 0 Å². The van der Waals surface area contributed by atoms with Gasteiger partial charge < -0.3 is 15.4 Å². The molecule has 1 fully saturated rings. The summed E-state index contributed by atoms with van der Waals surface area (Å²) in [7, 11) is 1.54. The summed E-state index contributed by atoms with van der Waals surface area (Å²) in [5.41, 5.74) is 0.170. The van der Waals surface area contributed by atoms with Crippen molar-refractivity contribution < 1.29 is 22.7 Å². The number of pyridine rings is 1. The molecule has 33 heavy (non-hydrogen) atoms. The lowest BCUT2D eigenvalue weighted by atomic mass is 9.90. The van der Waals surface area contributed by atoms with Gasteiger partial charge in [0.25, 0.3) is 5.91 Å². The van der Waals surface area contributed by atoms with Crippen LogP contribution in [0.25, 0.3) is 10.9 Å². The van der Waals surface area contributed by atoms with Crippen molar-refractivity contribution in [2.75, 3.05) is 12.4 Å². The van der Waals surface area contributed by atoms with Crippen molar-refractivity contribution in [3.05, 3.63) is 64.8 Å². The third kappa shape index (κ3) is 5.50. The normalized spacial score (nSPS) is 18.7. The smallest absolute Gasteiger partial charge is 0.433 e. The summed E-state index contributed by atoms with van der Waals surface area (Å²) in [6.07, 6.45) is -1.72. The van der Waals surface area contributed by atoms with Crippen molar-refractivity contribution in [2.45, 2.75) is 43.9 Å². The van der Waals surface area contributed by atoms with Crippen LogP contribution in [0.2, 0.25) is 5.02 Å². The van der Waals surface area contributed by atoms with Gasteiger partial charge in [-0.1, -0.05) is 17.7 Å². The van der Waals surface area contributed by atoms with Crippen molar-refractivity contribution in [1.29, 1.82) is 0 Å². The molecule has 174 valence electrons. The average Bonchev–Trinajstić information content (AvgIpc) is 2.80. The molecular formula is C24H23ClF3N3O2. The summed E-state index contributed by atoms with van der Waals surface area (Å²) in [5, 5.41) is 7.27. The first-order valence-corrected chi connectivity index (χ1v) is 11.0. The predicted octanol–water partition coefficient (Wildman–Crippen LogP) is 6.07. The third-order valence-electron chi connectivity index (χ3n) is 5.82.